The van der Waals surface area contributed by atoms with Crippen molar-refractivity contribution in [1.29, 1.82) is 5.26 Å². The number of nitrogens with one attached hydrogen (secondary N) is 1. The number of halogens is 3. The Hall–Kier alpha value is -1.99. The van der Waals surface area contributed by atoms with Crippen LogP contribution in [0.3, 0.4) is 0 Å². The van der Waals surface area contributed by atoms with Crippen molar-refractivity contribution in [3.63, 3.8) is 0 Å². The van der Waals surface area contributed by atoms with Crippen molar-refractivity contribution in [2.75, 3.05) is 5.32 Å². The van der Waals surface area contributed by atoms with Crippen LogP contribution in [-0.4, -0.2) is 5.91 Å². The molecular formula is C16H9Cl3N2O. The van der Waals surface area contributed by atoms with Crippen LogP contribution in [0.4, 0.5) is 5.69 Å². The molecule has 2 aromatic carbocycles. The van der Waals surface area contributed by atoms with E-state index in [0.717, 1.165) is 0 Å². The zero-order chi connectivity index (χ0) is 16.1. The SMILES string of the molecule is N#C/C(=C/c1ccc(Cl)cc1)C(=O)Nc1cc(Cl)ccc1Cl. The molecule has 0 saturated heterocycles. The van der Waals surface area contributed by atoms with Crippen molar-refractivity contribution in [2.24, 2.45) is 0 Å². The van der Waals surface area contributed by atoms with Gasteiger partial charge in [-0.15, -0.1) is 0 Å². The Bertz CT molecular complexity index is 777. The van der Waals surface area contributed by atoms with Crippen molar-refractivity contribution < 1.29 is 4.79 Å². The lowest BCUT2D eigenvalue weighted by Crippen LogP contribution is -2.13. The quantitative estimate of drug-likeness (QED) is 0.611. The minimum absolute atomic E-state index is 0.0571. The summed E-state index contributed by atoms with van der Waals surface area (Å²) in [6, 6.07) is 13.3. The van der Waals surface area contributed by atoms with Crippen LogP contribution < -0.4 is 5.32 Å². The van der Waals surface area contributed by atoms with Crippen molar-refractivity contribution in [1.82, 2.24) is 0 Å². The lowest BCUT2D eigenvalue weighted by Gasteiger charge is -2.07. The minimum atomic E-state index is -0.568. The Morgan fingerprint density at radius 2 is 1.68 bits per heavy atom. The summed E-state index contributed by atoms with van der Waals surface area (Å²) in [6.45, 7) is 0. The molecular weight excluding hydrogens is 343 g/mol. The summed E-state index contributed by atoms with van der Waals surface area (Å²) in [5.74, 6) is -0.568. The van der Waals surface area contributed by atoms with Crippen LogP contribution in [0, 0.1) is 11.3 Å². The molecule has 2 aromatic rings. The highest BCUT2D eigenvalue weighted by molar-refractivity contribution is 6.36. The number of carbonyl (C=O) groups is 1. The zero-order valence-electron chi connectivity index (χ0n) is 11.1. The molecule has 0 atom stereocenters. The third kappa shape index (κ3) is 4.25. The molecule has 0 bridgehead atoms. The maximum absolute atomic E-state index is 12.1. The van der Waals surface area contributed by atoms with Gasteiger partial charge >= 0.3 is 0 Å². The normalized spacial score (nSPS) is 10.9. The summed E-state index contributed by atoms with van der Waals surface area (Å²) in [5.41, 5.74) is 0.975. The van der Waals surface area contributed by atoms with Crippen LogP contribution in [0.15, 0.2) is 48.0 Å². The van der Waals surface area contributed by atoms with E-state index in [9.17, 15) is 4.79 Å². The molecule has 0 spiro atoms. The predicted molar refractivity (Wildman–Crippen MR) is 90.1 cm³/mol. The monoisotopic (exact) mass is 350 g/mol. The number of hydrogen-bond donors (Lipinski definition) is 1. The van der Waals surface area contributed by atoms with E-state index in [0.29, 0.717) is 26.3 Å². The molecule has 0 aromatic heterocycles. The first-order chi connectivity index (χ1) is 10.5. The Labute approximate surface area is 142 Å². The van der Waals surface area contributed by atoms with E-state index in [-0.39, 0.29) is 5.57 Å². The van der Waals surface area contributed by atoms with E-state index in [2.05, 4.69) is 5.32 Å². The first kappa shape index (κ1) is 16.4. The molecule has 0 unspecified atom stereocenters. The summed E-state index contributed by atoms with van der Waals surface area (Å²) >= 11 is 17.6. The van der Waals surface area contributed by atoms with Crippen LogP contribution in [0.25, 0.3) is 6.08 Å². The standard InChI is InChI=1S/C16H9Cl3N2O/c17-12-3-1-10(2-4-12)7-11(9-20)16(22)21-15-8-13(18)5-6-14(15)19/h1-8H,(H,21,22)/b11-7-. The molecule has 0 aliphatic heterocycles. The molecule has 1 N–H and O–H groups in total. The summed E-state index contributed by atoms with van der Waals surface area (Å²) in [7, 11) is 0. The van der Waals surface area contributed by atoms with Crippen LogP contribution >= 0.6 is 34.8 Å². The first-order valence-electron chi connectivity index (χ1n) is 6.13. The number of carbonyl (C=O) groups excluding carboxylic acids is 1. The summed E-state index contributed by atoms with van der Waals surface area (Å²) in [4.78, 5) is 12.1. The van der Waals surface area contributed by atoms with E-state index in [4.69, 9.17) is 40.1 Å². The molecule has 0 saturated carbocycles. The maximum atomic E-state index is 12.1. The van der Waals surface area contributed by atoms with Gasteiger partial charge in [0, 0.05) is 10.0 Å². The average Bonchev–Trinajstić information content (AvgIpc) is 2.50. The largest absolute Gasteiger partial charge is 0.320 e. The smallest absolute Gasteiger partial charge is 0.266 e. The topological polar surface area (TPSA) is 52.9 Å². The van der Waals surface area contributed by atoms with Crippen LogP contribution in [0.1, 0.15) is 5.56 Å². The number of anilines is 1. The van der Waals surface area contributed by atoms with Gasteiger partial charge in [0.15, 0.2) is 0 Å². The summed E-state index contributed by atoms with van der Waals surface area (Å²) in [6.07, 6.45) is 1.46. The van der Waals surface area contributed by atoms with Gasteiger partial charge in [-0.25, -0.2) is 0 Å². The molecule has 3 nitrogen and oxygen atoms in total. The number of benzene rings is 2. The van der Waals surface area contributed by atoms with Crippen molar-refractivity contribution in [2.45, 2.75) is 0 Å². The molecule has 0 radical (unpaired) electrons. The number of hydrogen-bond acceptors (Lipinski definition) is 2. The number of nitriles is 1. The van der Waals surface area contributed by atoms with Gasteiger partial charge in [0.25, 0.3) is 5.91 Å². The van der Waals surface area contributed by atoms with Gasteiger partial charge in [-0.1, -0.05) is 46.9 Å². The van der Waals surface area contributed by atoms with Crippen LogP contribution in [-0.2, 0) is 4.79 Å². The number of rotatable bonds is 3. The predicted octanol–water partition coefficient (Wildman–Crippen LogP) is 5.19. The molecule has 0 fully saturated rings. The van der Waals surface area contributed by atoms with Gasteiger partial charge in [-0.05, 0) is 42.0 Å². The van der Waals surface area contributed by atoms with Gasteiger partial charge < -0.3 is 5.32 Å². The fourth-order valence-electron chi connectivity index (χ4n) is 1.66. The van der Waals surface area contributed by atoms with E-state index in [1.807, 2.05) is 6.07 Å². The molecule has 22 heavy (non-hydrogen) atoms. The van der Waals surface area contributed by atoms with Crippen LogP contribution in [0.5, 0.6) is 0 Å². The van der Waals surface area contributed by atoms with Gasteiger partial charge in [-0.2, -0.15) is 5.26 Å². The Morgan fingerprint density at radius 3 is 2.32 bits per heavy atom. The minimum Gasteiger partial charge on any atom is -0.320 e. The van der Waals surface area contributed by atoms with Gasteiger partial charge in [-0.3, -0.25) is 4.79 Å². The molecule has 2 rings (SSSR count). The second-order valence-corrected chi connectivity index (χ2v) is 5.58. The fraction of sp³-hybridized carbons (Fsp3) is 0. The van der Waals surface area contributed by atoms with E-state index < -0.39 is 5.91 Å². The summed E-state index contributed by atoms with van der Waals surface area (Å²) in [5, 5.41) is 13.1. The molecule has 0 aliphatic carbocycles. The highest BCUT2D eigenvalue weighted by atomic mass is 35.5. The first-order valence-corrected chi connectivity index (χ1v) is 7.27. The molecule has 6 heteroatoms. The van der Waals surface area contributed by atoms with E-state index >= 15 is 0 Å². The van der Waals surface area contributed by atoms with Gasteiger partial charge in [0.1, 0.15) is 11.6 Å². The van der Waals surface area contributed by atoms with Crippen LogP contribution in [0.2, 0.25) is 15.1 Å². The lowest BCUT2D eigenvalue weighted by atomic mass is 10.1. The third-order valence-corrected chi connectivity index (χ3v) is 3.54. The Morgan fingerprint density at radius 1 is 1.05 bits per heavy atom. The summed E-state index contributed by atoms with van der Waals surface area (Å²) < 4.78 is 0. The maximum Gasteiger partial charge on any atom is 0.266 e. The lowest BCUT2D eigenvalue weighted by molar-refractivity contribution is -0.112. The molecule has 1 amide bonds. The number of amides is 1. The highest BCUT2D eigenvalue weighted by Crippen LogP contribution is 2.26. The van der Waals surface area contributed by atoms with E-state index in [1.54, 1.807) is 36.4 Å². The van der Waals surface area contributed by atoms with Gasteiger partial charge in [0.2, 0.25) is 0 Å². The molecule has 0 heterocycles. The van der Waals surface area contributed by atoms with E-state index in [1.165, 1.54) is 12.1 Å². The average molecular weight is 352 g/mol. The van der Waals surface area contributed by atoms with Crippen molar-refractivity contribution >= 4 is 52.5 Å². The highest BCUT2D eigenvalue weighted by Gasteiger charge is 2.11. The second kappa shape index (κ2) is 7.33. The van der Waals surface area contributed by atoms with Gasteiger partial charge in [0.05, 0.1) is 10.7 Å². The molecule has 0 aliphatic rings. The fourth-order valence-corrected chi connectivity index (χ4v) is 2.12. The van der Waals surface area contributed by atoms with Crippen molar-refractivity contribution in [3.05, 3.63) is 68.7 Å². The van der Waals surface area contributed by atoms with Crippen molar-refractivity contribution in [3.8, 4) is 6.07 Å². The second-order valence-electron chi connectivity index (χ2n) is 4.30. The zero-order valence-corrected chi connectivity index (χ0v) is 13.4. The Balaban J connectivity index is 2.24. The third-order valence-electron chi connectivity index (χ3n) is 2.72. The molecule has 110 valence electrons. The Kier molecular flexibility index (Phi) is 5.46. The number of nitrogens with zero attached hydrogens (tertiary/aromatic N) is 1.